The Kier molecular flexibility index (Phi) is 17.0. The highest BCUT2D eigenvalue weighted by Crippen LogP contribution is 2.41. The molecule has 12 bridgehead atoms. The Balaban J connectivity index is 1.55. The molecule has 0 N–H and O–H groups in total. The van der Waals surface area contributed by atoms with E-state index in [1.807, 2.05) is 46.7 Å². The molecule has 4 atom stereocenters. The van der Waals surface area contributed by atoms with Crippen LogP contribution in [0.5, 0.6) is 0 Å². The van der Waals surface area contributed by atoms with Gasteiger partial charge in [-0.05, 0) is 121 Å². The smallest absolute Gasteiger partial charge is 0.357 e. The first kappa shape index (κ1) is 47.6. The molecule has 0 saturated heterocycles. The first-order valence-corrected chi connectivity index (χ1v) is 23.5. The predicted molar refractivity (Wildman–Crippen MR) is 254 cm³/mol. The number of benzene rings is 4. The van der Waals surface area contributed by atoms with Gasteiger partial charge in [-0.3, -0.25) is 0 Å². The molecule has 1 aromatic heterocycles. The highest BCUT2D eigenvalue weighted by atomic mass is 16.5. The van der Waals surface area contributed by atoms with Gasteiger partial charge in [0.2, 0.25) is 0 Å². The molecule has 3 heterocycles. The van der Waals surface area contributed by atoms with Gasteiger partial charge >= 0.3 is 11.9 Å². The summed E-state index contributed by atoms with van der Waals surface area (Å²) in [5, 5.41) is 0. The summed E-state index contributed by atoms with van der Waals surface area (Å²) in [5.74, 6) is -1.41. The molecule has 2 aliphatic heterocycles. The predicted octanol–water partition coefficient (Wildman–Crippen LogP) is 10.7. The van der Waals surface area contributed by atoms with E-state index < -0.39 is 11.9 Å². The van der Waals surface area contributed by atoms with Crippen LogP contribution in [0.1, 0.15) is 154 Å². The van der Waals surface area contributed by atoms with E-state index in [1.54, 1.807) is 12.1 Å². The molecule has 10 nitrogen and oxygen atoms in total. The molecule has 344 valence electrons. The van der Waals surface area contributed by atoms with Gasteiger partial charge in [-0.25, -0.2) is 14.6 Å². The van der Waals surface area contributed by atoms with E-state index in [9.17, 15) is 9.59 Å². The number of hydrogen-bond acceptors (Lipinski definition) is 10. The molecule has 0 amide bonds. The average molecular weight is 883 g/mol. The molecule has 4 aromatic carbocycles. The first-order chi connectivity index (χ1) is 31.7. The molecular weight excluding hydrogens is 817 g/mol. The zero-order valence-corrected chi connectivity index (χ0v) is 39.1. The van der Waals surface area contributed by atoms with Crippen LogP contribution in [0.25, 0.3) is 0 Å². The maximum Gasteiger partial charge on any atom is 0.357 e. The van der Waals surface area contributed by atoms with E-state index >= 15 is 0 Å². The number of fused-ring (bicyclic) bond motifs is 4. The van der Waals surface area contributed by atoms with E-state index in [-0.39, 0.29) is 48.3 Å². The Morgan fingerprint density at radius 1 is 0.477 bits per heavy atom. The van der Waals surface area contributed by atoms with Gasteiger partial charge in [-0.15, -0.1) is 0 Å². The van der Waals surface area contributed by atoms with Crippen molar-refractivity contribution in [1.29, 1.82) is 0 Å². The van der Waals surface area contributed by atoms with Crippen LogP contribution in [0, 0.1) is 0 Å². The minimum Gasteiger partial charge on any atom is -0.456 e. The maximum atomic E-state index is 14.0. The molecule has 0 saturated carbocycles. The Hall–Kier alpha value is -5.39. The third-order valence-electron chi connectivity index (χ3n) is 12.6. The number of nitrogens with zero attached hydrogens (tertiary/aromatic N) is 2. The summed E-state index contributed by atoms with van der Waals surface area (Å²) in [7, 11) is 3.71. The Bertz CT molecular complexity index is 2120. The van der Waals surface area contributed by atoms with Crippen LogP contribution < -0.4 is 4.90 Å². The molecule has 4 unspecified atom stereocenters. The number of rotatable bonds is 17. The normalized spacial score (nSPS) is 18.2. The lowest BCUT2D eigenvalue weighted by molar-refractivity contribution is 0.0456. The van der Waals surface area contributed by atoms with E-state index in [2.05, 4.69) is 89.9 Å². The lowest BCUT2D eigenvalue weighted by Crippen LogP contribution is -2.17. The highest BCUT2D eigenvalue weighted by Gasteiger charge is 2.27. The van der Waals surface area contributed by atoms with Gasteiger partial charge in [0.25, 0.3) is 0 Å². The van der Waals surface area contributed by atoms with Gasteiger partial charge in [0.1, 0.15) is 13.2 Å². The second-order valence-corrected chi connectivity index (χ2v) is 17.2. The van der Waals surface area contributed by atoms with Crippen molar-refractivity contribution >= 4 is 17.6 Å². The Morgan fingerprint density at radius 3 is 1.08 bits per heavy atom. The van der Waals surface area contributed by atoms with Gasteiger partial charge in [0, 0.05) is 96.3 Å². The number of aromatic nitrogens is 1. The fourth-order valence-electron chi connectivity index (χ4n) is 9.36. The largest absolute Gasteiger partial charge is 0.456 e. The molecule has 65 heavy (non-hydrogen) atoms. The van der Waals surface area contributed by atoms with Gasteiger partial charge in [-0.1, -0.05) is 84.9 Å². The van der Waals surface area contributed by atoms with Crippen molar-refractivity contribution in [2.24, 2.45) is 0 Å². The molecule has 0 spiro atoms. The van der Waals surface area contributed by atoms with E-state index in [0.717, 1.165) is 59.1 Å². The molecule has 0 radical (unpaired) electrons. The second-order valence-electron chi connectivity index (χ2n) is 17.2. The molecule has 1 aliphatic carbocycles. The van der Waals surface area contributed by atoms with Crippen LogP contribution >= 0.6 is 0 Å². The van der Waals surface area contributed by atoms with Crippen LogP contribution in [0.2, 0.25) is 0 Å². The van der Waals surface area contributed by atoms with Gasteiger partial charge in [0.15, 0.2) is 11.4 Å². The number of pyridine rings is 1. The van der Waals surface area contributed by atoms with E-state index in [4.69, 9.17) is 28.4 Å². The summed E-state index contributed by atoms with van der Waals surface area (Å²) in [5.41, 5.74) is 11.6. The van der Waals surface area contributed by atoms with Crippen molar-refractivity contribution in [3.63, 3.8) is 0 Å². The first-order valence-electron chi connectivity index (χ1n) is 23.5. The highest BCUT2D eigenvalue weighted by molar-refractivity contribution is 5.93. The number of carbonyl (C=O) groups excluding carboxylic acids is 2. The quantitative estimate of drug-likeness (QED) is 0.0662. The number of anilines is 1. The van der Waals surface area contributed by atoms with E-state index in [1.165, 1.54) is 22.3 Å². The third kappa shape index (κ3) is 12.1. The molecule has 0 fully saturated rings. The van der Waals surface area contributed by atoms with Crippen molar-refractivity contribution in [3.05, 3.63) is 164 Å². The fraction of sp³-hybridized carbons (Fsp3) is 0.436. The zero-order chi connectivity index (χ0) is 45.7. The summed E-state index contributed by atoms with van der Waals surface area (Å²) < 4.78 is 36.5. The minimum absolute atomic E-state index is 0.000760. The molecule has 5 aromatic rings. The zero-order valence-electron chi connectivity index (χ0n) is 39.1. The lowest BCUT2D eigenvalue weighted by atomic mass is 9.78. The van der Waals surface area contributed by atoms with Gasteiger partial charge < -0.3 is 33.3 Å². The van der Waals surface area contributed by atoms with Crippen molar-refractivity contribution in [1.82, 2.24) is 4.98 Å². The van der Waals surface area contributed by atoms with Crippen LogP contribution in [0.4, 0.5) is 5.69 Å². The molecule has 3 aliphatic rings. The minimum atomic E-state index is -0.631. The summed E-state index contributed by atoms with van der Waals surface area (Å²) in [6, 6.07) is 34.7. The number of hydrogen-bond donors (Lipinski definition) is 0. The van der Waals surface area contributed by atoms with Gasteiger partial charge in [0.05, 0.1) is 0 Å². The summed E-state index contributed by atoms with van der Waals surface area (Å²) in [6.07, 6.45) is 3.00. The number of ether oxygens (including phenoxy) is 6. The van der Waals surface area contributed by atoms with Crippen LogP contribution in [0.3, 0.4) is 0 Å². The maximum absolute atomic E-state index is 14.0. The van der Waals surface area contributed by atoms with Crippen molar-refractivity contribution in [3.8, 4) is 0 Å². The SMILES string of the molecule is CCOCCC1c2cccc(c2)C(CCOCC)c2cc3cc(c2)C(CCOCC)c2cccc(c2)C(CCOCC)c2cc(cc1c2)COC(=O)c1cc(N(C)C)cc(n1)C(=O)OC3. The van der Waals surface area contributed by atoms with E-state index in [0.29, 0.717) is 58.5 Å². The van der Waals surface area contributed by atoms with Crippen molar-refractivity contribution in [2.75, 3.05) is 71.9 Å². The second kappa shape index (κ2) is 23.2. The fourth-order valence-corrected chi connectivity index (χ4v) is 9.36. The van der Waals surface area contributed by atoms with Gasteiger partial charge in [-0.2, -0.15) is 0 Å². The number of esters is 2. The van der Waals surface area contributed by atoms with Crippen LogP contribution in [-0.4, -0.2) is 83.9 Å². The molecular formula is C55H66N2O8. The average Bonchev–Trinajstić information content (AvgIpc) is 3.32. The summed E-state index contributed by atoms with van der Waals surface area (Å²) in [6.45, 7) is 12.9. The monoisotopic (exact) mass is 882 g/mol. The summed E-state index contributed by atoms with van der Waals surface area (Å²) >= 11 is 0. The molecule has 8 rings (SSSR count). The Labute approximate surface area is 385 Å². The number of carbonyl (C=O) groups is 2. The summed E-state index contributed by atoms with van der Waals surface area (Å²) in [4.78, 5) is 34.4. The lowest BCUT2D eigenvalue weighted by Gasteiger charge is -2.28. The molecule has 10 heteroatoms. The Morgan fingerprint density at radius 2 is 0.785 bits per heavy atom. The van der Waals surface area contributed by atoms with Crippen molar-refractivity contribution in [2.45, 2.75) is 90.3 Å². The third-order valence-corrected chi connectivity index (χ3v) is 12.6. The topological polar surface area (TPSA) is 106 Å². The van der Waals surface area contributed by atoms with Crippen LogP contribution in [-0.2, 0) is 41.6 Å². The van der Waals surface area contributed by atoms with Crippen molar-refractivity contribution < 1.29 is 38.0 Å². The van der Waals surface area contributed by atoms with Crippen LogP contribution in [0.15, 0.2) is 97.1 Å². The standard InChI is InChI=1S/C55H66N2O8/c1-7-60-21-17-48-39-13-11-14-40(29-39)49(18-22-61-8-2)45-27-38-28-46(32-45)51(20-24-63-10-4)42-16-12-15-41(30-42)50(19-23-62-9-3)44-26-37(25-43(48)31-44)35-64-54(58)52-33-47(57(5)6)34-53(56-52)55(59)65-36-38/h11-16,25-34,48-51H,7-10,17-24,35-36H2,1-6H3.